The predicted octanol–water partition coefficient (Wildman–Crippen LogP) is 2.17. The van der Waals surface area contributed by atoms with E-state index in [9.17, 15) is 9.59 Å². The van der Waals surface area contributed by atoms with Gasteiger partial charge in [-0.25, -0.2) is 4.98 Å². The average molecular weight is 374 g/mol. The van der Waals surface area contributed by atoms with Crippen LogP contribution in [0.15, 0.2) is 73.1 Å². The summed E-state index contributed by atoms with van der Waals surface area (Å²) in [4.78, 5) is 36.0. The van der Waals surface area contributed by atoms with Crippen molar-refractivity contribution >= 4 is 23.2 Å². The quantitative estimate of drug-likeness (QED) is 0.593. The maximum Gasteiger partial charge on any atom is 0.278 e. The summed E-state index contributed by atoms with van der Waals surface area (Å²) in [6.07, 6.45) is 3.37. The Hall–Kier alpha value is -3.41. The number of nitrogens with zero attached hydrogens (tertiary/aromatic N) is 4. The van der Waals surface area contributed by atoms with Gasteiger partial charge in [0, 0.05) is 38.9 Å². The second kappa shape index (κ2) is 7.68. The molecule has 1 aromatic heterocycles. The highest BCUT2D eigenvalue weighted by atomic mass is 16.2. The summed E-state index contributed by atoms with van der Waals surface area (Å²) in [5, 5.41) is 0. The smallest absolute Gasteiger partial charge is 0.278 e. The molecule has 142 valence electrons. The first-order valence-corrected chi connectivity index (χ1v) is 9.38. The Kier molecular flexibility index (Phi) is 4.93. The highest BCUT2D eigenvalue weighted by Gasteiger charge is 2.41. The van der Waals surface area contributed by atoms with Gasteiger partial charge >= 0.3 is 0 Å². The normalized spacial score (nSPS) is 17.5. The summed E-state index contributed by atoms with van der Waals surface area (Å²) in [5.41, 5.74) is 1.76. The molecule has 1 fully saturated rings. The molecular weight excluding hydrogens is 352 g/mol. The van der Waals surface area contributed by atoms with Gasteiger partial charge in [0.2, 0.25) is 0 Å². The van der Waals surface area contributed by atoms with Crippen LogP contribution in [-0.4, -0.2) is 59.3 Å². The number of imide groups is 1. The van der Waals surface area contributed by atoms with Gasteiger partial charge in [-0.15, -0.1) is 6.58 Å². The number of amides is 2. The molecule has 0 spiro atoms. The fourth-order valence-electron chi connectivity index (χ4n) is 3.72. The molecule has 28 heavy (non-hydrogen) atoms. The highest BCUT2D eigenvalue weighted by molar-refractivity contribution is 6.35. The van der Waals surface area contributed by atoms with E-state index in [1.807, 2.05) is 53.4 Å². The van der Waals surface area contributed by atoms with E-state index in [1.165, 1.54) is 4.90 Å². The molecule has 1 aromatic carbocycles. The van der Waals surface area contributed by atoms with E-state index in [1.54, 1.807) is 12.3 Å². The Morgan fingerprint density at radius 1 is 0.893 bits per heavy atom. The summed E-state index contributed by atoms with van der Waals surface area (Å²) < 4.78 is 0. The number of aromatic nitrogens is 1. The Labute approximate surface area is 164 Å². The van der Waals surface area contributed by atoms with Crippen molar-refractivity contribution in [2.24, 2.45) is 0 Å². The second-order valence-corrected chi connectivity index (χ2v) is 6.76. The minimum atomic E-state index is -0.252. The molecule has 0 aliphatic carbocycles. The Balaban J connectivity index is 1.63. The monoisotopic (exact) mass is 374 g/mol. The Bertz CT molecular complexity index is 916. The van der Waals surface area contributed by atoms with Crippen LogP contribution in [0.4, 0.5) is 5.82 Å². The van der Waals surface area contributed by atoms with Crippen LogP contribution in [0.25, 0.3) is 5.57 Å². The summed E-state index contributed by atoms with van der Waals surface area (Å²) in [7, 11) is 0. The van der Waals surface area contributed by atoms with Crippen molar-refractivity contribution in [2.45, 2.75) is 0 Å². The van der Waals surface area contributed by atoms with Gasteiger partial charge in [0.25, 0.3) is 11.8 Å². The van der Waals surface area contributed by atoms with Crippen LogP contribution in [0.3, 0.4) is 0 Å². The van der Waals surface area contributed by atoms with Crippen molar-refractivity contribution in [1.29, 1.82) is 0 Å². The number of carbonyl (C=O) groups is 2. The molecule has 6 nitrogen and oxygen atoms in total. The average Bonchev–Trinajstić information content (AvgIpc) is 3.00. The first-order valence-electron chi connectivity index (χ1n) is 9.38. The van der Waals surface area contributed by atoms with Crippen molar-refractivity contribution in [3.05, 3.63) is 78.6 Å². The van der Waals surface area contributed by atoms with Crippen LogP contribution in [0.1, 0.15) is 5.56 Å². The maximum atomic E-state index is 13.1. The van der Waals surface area contributed by atoms with Gasteiger partial charge in [-0.1, -0.05) is 42.5 Å². The molecule has 2 aliphatic heterocycles. The topological polar surface area (TPSA) is 56.8 Å². The lowest BCUT2D eigenvalue weighted by molar-refractivity contribution is -0.136. The molecule has 6 heteroatoms. The fourth-order valence-corrected chi connectivity index (χ4v) is 3.72. The number of benzene rings is 1. The van der Waals surface area contributed by atoms with Crippen molar-refractivity contribution < 1.29 is 9.59 Å². The van der Waals surface area contributed by atoms with Crippen LogP contribution < -0.4 is 4.90 Å². The third-order valence-electron chi connectivity index (χ3n) is 5.09. The number of hydrogen-bond donors (Lipinski definition) is 0. The van der Waals surface area contributed by atoms with Crippen LogP contribution in [0.2, 0.25) is 0 Å². The number of anilines is 1. The van der Waals surface area contributed by atoms with Crippen LogP contribution in [-0.2, 0) is 9.59 Å². The molecule has 2 aromatic rings. The van der Waals surface area contributed by atoms with Gasteiger partial charge in [0.05, 0.1) is 5.57 Å². The zero-order valence-corrected chi connectivity index (χ0v) is 15.6. The first kappa shape index (κ1) is 18.0. The number of pyridine rings is 1. The molecule has 4 rings (SSSR count). The van der Waals surface area contributed by atoms with E-state index in [4.69, 9.17) is 0 Å². The van der Waals surface area contributed by atoms with Gasteiger partial charge in [0.15, 0.2) is 0 Å². The molecule has 0 unspecified atom stereocenters. The van der Waals surface area contributed by atoms with Crippen molar-refractivity contribution in [2.75, 3.05) is 37.6 Å². The molecular formula is C22H22N4O2. The molecule has 0 radical (unpaired) electrons. The Morgan fingerprint density at radius 3 is 2.21 bits per heavy atom. The van der Waals surface area contributed by atoms with E-state index in [0.717, 1.165) is 24.5 Å². The van der Waals surface area contributed by atoms with E-state index in [-0.39, 0.29) is 18.4 Å². The van der Waals surface area contributed by atoms with Crippen LogP contribution in [0, 0.1) is 0 Å². The predicted molar refractivity (Wildman–Crippen MR) is 108 cm³/mol. The third-order valence-corrected chi connectivity index (χ3v) is 5.09. The van der Waals surface area contributed by atoms with Gasteiger partial charge in [-0.3, -0.25) is 14.5 Å². The number of rotatable bonds is 5. The molecule has 0 atom stereocenters. The van der Waals surface area contributed by atoms with Crippen molar-refractivity contribution in [3.8, 4) is 0 Å². The van der Waals surface area contributed by atoms with E-state index in [0.29, 0.717) is 24.4 Å². The molecule has 1 saturated heterocycles. The number of hydrogen-bond acceptors (Lipinski definition) is 5. The summed E-state index contributed by atoms with van der Waals surface area (Å²) in [6.45, 7) is 6.69. The van der Waals surface area contributed by atoms with E-state index >= 15 is 0 Å². The second-order valence-electron chi connectivity index (χ2n) is 6.76. The first-order chi connectivity index (χ1) is 13.7. The summed E-state index contributed by atoms with van der Waals surface area (Å²) in [6, 6.07) is 15.3. The molecule has 0 N–H and O–H groups in total. The lowest BCUT2D eigenvalue weighted by Gasteiger charge is -2.37. The zero-order valence-electron chi connectivity index (χ0n) is 15.6. The van der Waals surface area contributed by atoms with Gasteiger partial charge in [0.1, 0.15) is 11.5 Å². The van der Waals surface area contributed by atoms with Crippen molar-refractivity contribution in [3.63, 3.8) is 0 Å². The number of carbonyl (C=O) groups excluding carboxylic acids is 2. The zero-order chi connectivity index (χ0) is 19.5. The van der Waals surface area contributed by atoms with E-state index < -0.39 is 0 Å². The van der Waals surface area contributed by atoms with Gasteiger partial charge < -0.3 is 9.80 Å². The minimum absolute atomic E-state index is 0.214. The Morgan fingerprint density at radius 2 is 1.57 bits per heavy atom. The van der Waals surface area contributed by atoms with Crippen molar-refractivity contribution in [1.82, 2.24) is 14.8 Å². The lowest BCUT2D eigenvalue weighted by Crippen LogP contribution is -2.47. The maximum absolute atomic E-state index is 13.1. The van der Waals surface area contributed by atoms with Gasteiger partial charge in [-0.2, -0.15) is 0 Å². The largest absolute Gasteiger partial charge is 0.363 e. The van der Waals surface area contributed by atoms with E-state index in [2.05, 4.69) is 16.5 Å². The molecule has 0 bridgehead atoms. The third kappa shape index (κ3) is 3.17. The molecule has 3 heterocycles. The molecule has 2 aliphatic rings. The molecule has 2 amide bonds. The minimum Gasteiger partial charge on any atom is -0.363 e. The van der Waals surface area contributed by atoms with Crippen LogP contribution in [0.5, 0.6) is 0 Å². The van der Waals surface area contributed by atoms with Gasteiger partial charge in [-0.05, 0) is 17.7 Å². The molecule has 0 saturated carbocycles. The standard InChI is InChI=1S/C22H22N4O2/c1-2-12-26-21(27)19(17-8-4-3-5-9-17)20(22(26)28)25-15-13-24(14-16-25)18-10-6-7-11-23-18/h2-11H,1,12-16H2. The SMILES string of the molecule is C=CCN1C(=O)C(c2ccccc2)=C(N2CCN(c3ccccn3)CC2)C1=O. The lowest BCUT2D eigenvalue weighted by atomic mass is 10.0. The highest BCUT2D eigenvalue weighted by Crippen LogP contribution is 2.32. The number of piperazine rings is 1. The fraction of sp³-hybridized carbons (Fsp3) is 0.227. The summed E-state index contributed by atoms with van der Waals surface area (Å²) in [5.74, 6) is 0.440. The van der Waals surface area contributed by atoms with Crippen LogP contribution >= 0.6 is 0 Å². The summed E-state index contributed by atoms with van der Waals surface area (Å²) >= 11 is 0.